The Labute approximate surface area is 271 Å². The molecule has 0 bridgehead atoms. The van der Waals surface area contributed by atoms with Crippen molar-refractivity contribution in [2.45, 2.75) is 135 Å². The van der Waals surface area contributed by atoms with Gasteiger partial charge in [-0.25, -0.2) is 4.79 Å². The maximum atomic E-state index is 13.1. The Bertz CT molecular complexity index is 936. The lowest BCUT2D eigenvalue weighted by Crippen LogP contribution is -2.62. The Balaban J connectivity index is 3.51. The van der Waals surface area contributed by atoms with E-state index in [4.69, 9.17) is 42.6 Å². The van der Waals surface area contributed by atoms with E-state index in [0.717, 1.165) is 32.6 Å². The van der Waals surface area contributed by atoms with Gasteiger partial charge in [0.25, 0.3) is 0 Å². The number of aliphatic hydroxyl groups excluding tert-OH is 1. The van der Waals surface area contributed by atoms with E-state index in [1.165, 1.54) is 14.0 Å². The lowest BCUT2D eigenvalue weighted by atomic mass is 9.96. The highest BCUT2D eigenvalue weighted by atomic mass is 16.7. The highest BCUT2D eigenvalue weighted by Crippen LogP contribution is 2.31. The van der Waals surface area contributed by atoms with Crippen LogP contribution in [0, 0.1) is 0 Å². The molecule has 0 amide bonds. The molecule has 1 saturated heterocycles. The molecule has 5 unspecified atom stereocenters. The fraction of sp³-hybridized carbons (Fsp3) is 0.900. The summed E-state index contributed by atoms with van der Waals surface area (Å²) in [7, 11) is 1.20. The number of hydrogen-bond acceptors (Lipinski definition) is 14. The molecule has 9 atom stereocenters. The molecule has 46 heavy (non-hydrogen) atoms. The van der Waals surface area contributed by atoms with Crippen LogP contribution in [-0.2, 0) is 57.0 Å². The van der Waals surface area contributed by atoms with Crippen LogP contribution in [0.3, 0.4) is 0 Å². The Kier molecular flexibility index (Phi) is 21.4. The van der Waals surface area contributed by atoms with Gasteiger partial charge in [0.15, 0.2) is 12.4 Å². The van der Waals surface area contributed by atoms with Crippen molar-refractivity contribution in [3.63, 3.8) is 0 Å². The number of ether oxygens (including phenoxy) is 9. The third-order valence-electron chi connectivity index (χ3n) is 6.98. The molecule has 1 heterocycles. The summed E-state index contributed by atoms with van der Waals surface area (Å²) >= 11 is 0. The van der Waals surface area contributed by atoms with E-state index in [9.17, 15) is 25.0 Å². The standard InChI is InChI=1S/C30H53N3O13/c1-8-11-14-39-19(4)25(40-15-12-9-2)28(29(37)38-7)46-23(17-34)45-26-22(18-42-20(5)35)44-30(43-21(6)36)24(32-33-31)27(26)41-16-13-10-3/h19,22-28,30,34H,8-18H2,1-7H3/t19-,22?,23?,24-,25-,26+,27?,28?,30?/m0/s1. The Morgan fingerprint density at radius 1 is 0.957 bits per heavy atom. The van der Waals surface area contributed by atoms with Crippen molar-refractivity contribution >= 4 is 17.9 Å². The lowest BCUT2D eigenvalue weighted by molar-refractivity contribution is -0.312. The van der Waals surface area contributed by atoms with Crippen LogP contribution in [0.2, 0.25) is 0 Å². The van der Waals surface area contributed by atoms with Gasteiger partial charge in [-0.2, -0.15) is 0 Å². The smallest absolute Gasteiger partial charge is 0.337 e. The zero-order valence-electron chi connectivity index (χ0n) is 28.2. The quantitative estimate of drug-likeness (QED) is 0.0300. The van der Waals surface area contributed by atoms with Gasteiger partial charge in [0.1, 0.15) is 37.1 Å². The van der Waals surface area contributed by atoms with E-state index in [2.05, 4.69) is 10.0 Å². The number of rotatable bonds is 24. The van der Waals surface area contributed by atoms with Gasteiger partial charge in [0.2, 0.25) is 6.29 Å². The number of carbonyl (C=O) groups excluding carboxylic acids is 3. The highest BCUT2D eigenvalue weighted by Gasteiger charge is 2.50. The predicted molar refractivity (Wildman–Crippen MR) is 162 cm³/mol. The Morgan fingerprint density at radius 3 is 2.13 bits per heavy atom. The van der Waals surface area contributed by atoms with Crippen LogP contribution in [0.15, 0.2) is 5.11 Å². The van der Waals surface area contributed by atoms with Gasteiger partial charge in [-0.05, 0) is 31.7 Å². The fourth-order valence-corrected chi connectivity index (χ4v) is 4.57. The number of nitrogens with zero attached hydrogens (tertiary/aromatic N) is 3. The van der Waals surface area contributed by atoms with Gasteiger partial charge >= 0.3 is 17.9 Å². The molecule has 1 aliphatic heterocycles. The van der Waals surface area contributed by atoms with Crippen LogP contribution in [0.1, 0.15) is 80.1 Å². The summed E-state index contributed by atoms with van der Waals surface area (Å²) in [4.78, 5) is 39.6. The minimum atomic E-state index is -1.51. The SMILES string of the molecule is CCCCOC1[C@H](N=[N+]=[N-])C(OC(C)=O)OC(COC(C)=O)[C@H]1OC(CO)OC(C(=O)OC)[C@@H](OCCCC)[C@H](C)OCCCC. The molecule has 0 radical (unpaired) electrons. The number of azide groups is 1. The van der Waals surface area contributed by atoms with Gasteiger partial charge in [-0.15, -0.1) is 0 Å². The number of esters is 3. The van der Waals surface area contributed by atoms with Gasteiger partial charge < -0.3 is 47.7 Å². The van der Waals surface area contributed by atoms with E-state index in [0.29, 0.717) is 26.1 Å². The van der Waals surface area contributed by atoms with Crippen LogP contribution in [0.25, 0.3) is 10.4 Å². The normalized spacial score (nSPS) is 23.8. The van der Waals surface area contributed by atoms with Gasteiger partial charge in [0, 0.05) is 38.6 Å². The second-order valence-corrected chi connectivity index (χ2v) is 10.8. The second-order valence-electron chi connectivity index (χ2n) is 10.8. The average molecular weight is 664 g/mol. The highest BCUT2D eigenvalue weighted by molar-refractivity contribution is 5.75. The topological polar surface area (TPSA) is 203 Å². The fourth-order valence-electron chi connectivity index (χ4n) is 4.57. The molecule has 0 aromatic heterocycles. The molecule has 1 aliphatic rings. The van der Waals surface area contributed by atoms with Crippen molar-refractivity contribution in [2.75, 3.05) is 40.1 Å². The van der Waals surface area contributed by atoms with Crippen LogP contribution in [0.5, 0.6) is 0 Å². The summed E-state index contributed by atoms with van der Waals surface area (Å²) in [6.45, 7) is 9.88. The molecular weight excluding hydrogens is 610 g/mol. The Morgan fingerprint density at radius 2 is 1.59 bits per heavy atom. The predicted octanol–water partition coefficient (Wildman–Crippen LogP) is 3.35. The summed E-state index contributed by atoms with van der Waals surface area (Å²) in [5.41, 5.74) is 9.36. The van der Waals surface area contributed by atoms with E-state index in [-0.39, 0.29) is 13.2 Å². The maximum Gasteiger partial charge on any atom is 0.337 e. The number of hydrogen-bond donors (Lipinski definition) is 1. The van der Waals surface area contributed by atoms with E-state index in [1.54, 1.807) is 6.92 Å². The summed E-state index contributed by atoms with van der Waals surface area (Å²) in [6, 6.07) is -1.24. The zero-order valence-corrected chi connectivity index (χ0v) is 28.2. The van der Waals surface area contributed by atoms with Crippen molar-refractivity contribution in [1.29, 1.82) is 0 Å². The Hall–Kier alpha value is -2.56. The molecule has 0 aromatic carbocycles. The molecule has 0 spiro atoms. The second kappa shape index (κ2) is 23.7. The van der Waals surface area contributed by atoms with Crippen molar-refractivity contribution in [2.24, 2.45) is 5.11 Å². The maximum absolute atomic E-state index is 13.1. The molecule has 1 fully saturated rings. The third kappa shape index (κ3) is 14.5. The van der Waals surface area contributed by atoms with Crippen molar-refractivity contribution < 1.29 is 62.1 Å². The third-order valence-corrected chi connectivity index (χ3v) is 6.98. The van der Waals surface area contributed by atoms with Crippen molar-refractivity contribution in [3.8, 4) is 0 Å². The van der Waals surface area contributed by atoms with Crippen LogP contribution in [-0.4, -0.2) is 118 Å². The first kappa shape index (κ1) is 41.5. The van der Waals surface area contributed by atoms with E-state index < -0.39 is 79.8 Å². The van der Waals surface area contributed by atoms with Gasteiger partial charge in [-0.1, -0.05) is 45.1 Å². The van der Waals surface area contributed by atoms with Crippen LogP contribution >= 0.6 is 0 Å². The molecule has 16 heteroatoms. The minimum absolute atomic E-state index is 0.195. The zero-order chi connectivity index (χ0) is 34.5. The molecule has 0 aliphatic carbocycles. The van der Waals surface area contributed by atoms with Gasteiger partial charge in [0.05, 0.1) is 19.8 Å². The number of aliphatic hydroxyl groups is 1. The first-order valence-corrected chi connectivity index (χ1v) is 15.9. The first-order valence-electron chi connectivity index (χ1n) is 15.9. The van der Waals surface area contributed by atoms with Crippen molar-refractivity contribution in [1.82, 2.24) is 0 Å². The largest absolute Gasteiger partial charge is 0.467 e. The van der Waals surface area contributed by atoms with Crippen molar-refractivity contribution in [3.05, 3.63) is 10.4 Å². The number of carbonyl (C=O) groups is 3. The van der Waals surface area contributed by atoms with Crippen LogP contribution in [0.4, 0.5) is 0 Å². The molecule has 16 nitrogen and oxygen atoms in total. The summed E-state index contributed by atoms with van der Waals surface area (Å²) in [6.07, 6.45) is -4.69. The van der Waals surface area contributed by atoms with E-state index >= 15 is 0 Å². The van der Waals surface area contributed by atoms with Crippen LogP contribution < -0.4 is 0 Å². The lowest BCUT2D eigenvalue weighted by Gasteiger charge is -2.45. The molecular formula is C30H53N3O13. The molecule has 0 aromatic rings. The first-order chi connectivity index (χ1) is 22.1. The molecule has 1 N–H and O–H groups in total. The molecule has 266 valence electrons. The molecule has 1 rings (SSSR count). The monoisotopic (exact) mass is 663 g/mol. The number of unbranched alkanes of at least 4 members (excludes halogenated alkanes) is 3. The molecule has 0 saturated carbocycles. The van der Waals surface area contributed by atoms with E-state index in [1.807, 2.05) is 20.8 Å². The summed E-state index contributed by atoms with van der Waals surface area (Å²) in [5.74, 6) is -2.14. The van der Waals surface area contributed by atoms with Gasteiger partial charge in [-0.3, -0.25) is 9.59 Å². The summed E-state index contributed by atoms with van der Waals surface area (Å²) < 4.78 is 51.8. The average Bonchev–Trinajstić information content (AvgIpc) is 3.02. The minimum Gasteiger partial charge on any atom is -0.467 e. The summed E-state index contributed by atoms with van der Waals surface area (Å²) in [5, 5.41) is 14.2. The number of methoxy groups -OCH3 is 1.